The van der Waals surface area contributed by atoms with Gasteiger partial charge in [0.2, 0.25) is 11.8 Å². The Labute approximate surface area is 150 Å². The van der Waals surface area contributed by atoms with E-state index in [-0.39, 0.29) is 30.1 Å². The van der Waals surface area contributed by atoms with Crippen LogP contribution in [0.4, 0.5) is 5.69 Å². The minimum absolute atomic E-state index is 0. The molecule has 0 radical (unpaired) electrons. The summed E-state index contributed by atoms with van der Waals surface area (Å²) in [7, 11) is 0. The molecule has 2 atom stereocenters. The number of hydrogen-bond donors (Lipinski definition) is 3. The molecule has 0 aliphatic heterocycles. The van der Waals surface area contributed by atoms with Gasteiger partial charge in [0, 0.05) is 11.2 Å². The number of rotatable bonds is 4. The van der Waals surface area contributed by atoms with E-state index in [1.807, 2.05) is 19.1 Å². The summed E-state index contributed by atoms with van der Waals surface area (Å²) in [6, 6.07) is 7.25. The van der Waals surface area contributed by atoms with Crippen molar-refractivity contribution in [3.63, 3.8) is 0 Å². The molecule has 1 aromatic rings. The molecule has 1 aromatic carbocycles. The van der Waals surface area contributed by atoms with Crippen molar-refractivity contribution in [3.05, 3.63) is 29.8 Å². The Morgan fingerprint density at radius 2 is 1.79 bits per heavy atom. The predicted octanol–water partition coefficient (Wildman–Crippen LogP) is 2.72. The summed E-state index contributed by atoms with van der Waals surface area (Å²) < 4.78 is 0. The van der Waals surface area contributed by atoms with Crippen molar-refractivity contribution >= 4 is 29.9 Å². The minimum atomic E-state index is -0.734. The molecule has 0 bridgehead atoms. The highest BCUT2D eigenvalue weighted by Gasteiger charge is 2.37. The zero-order chi connectivity index (χ0) is 17.3. The van der Waals surface area contributed by atoms with E-state index >= 15 is 0 Å². The van der Waals surface area contributed by atoms with Crippen molar-refractivity contribution in [3.8, 4) is 0 Å². The molecule has 0 heterocycles. The first-order valence-corrected chi connectivity index (χ1v) is 8.15. The van der Waals surface area contributed by atoms with Gasteiger partial charge in [-0.05, 0) is 51.3 Å². The lowest BCUT2D eigenvalue weighted by molar-refractivity contribution is -0.123. The molecule has 1 saturated carbocycles. The number of anilines is 1. The van der Waals surface area contributed by atoms with Gasteiger partial charge >= 0.3 is 0 Å². The van der Waals surface area contributed by atoms with E-state index in [0.717, 1.165) is 31.2 Å². The smallest absolute Gasteiger partial charge is 0.229 e. The second kappa shape index (κ2) is 7.53. The Hall–Kier alpha value is -1.59. The molecule has 134 valence electrons. The number of benzene rings is 1. The third kappa shape index (κ3) is 4.28. The van der Waals surface area contributed by atoms with Gasteiger partial charge in [-0.1, -0.05) is 25.0 Å². The maximum atomic E-state index is 12.5. The van der Waals surface area contributed by atoms with Crippen molar-refractivity contribution in [2.24, 2.45) is 17.4 Å². The van der Waals surface area contributed by atoms with E-state index in [4.69, 9.17) is 11.5 Å². The molecule has 6 heteroatoms. The van der Waals surface area contributed by atoms with Crippen LogP contribution >= 0.6 is 12.4 Å². The normalized spacial score (nSPS) is 23.9. The van der Waals surface area contributed by atoms with Crippen LogP contribution in [0.15, 0.2) is 24.3 Å². The number of halogens is 1. The summed E-state index contributed by atoms with van der Waals surface area (Å²) in [5.41, 5.74) is 12.1. The Kier molecular flexibility index (Phi) is 6.42. The van der Waals surface area contributed by atoms with Gasteiger partial charge in [0.25, 0.3) is 0 Å². The fourth-order valence-electron chi connectivity index (χ4n) is 3.13. The summed E-state index contributed by atoms with van der Waals surface area (Å²) in [5.74, 6) is -0.579. The van der Waals surface area contributed by atoms with E-state index in [9.17, 15) is 9.59 Å². The topological polar surface area (TPSA) is 98.2 Å². The zero-order valence-electron chi connectivity index (χ0n) is 14.6. The Morgan fingerprint density at radius 1 is 1.21 bits per heavy atom. The number of carbonyl (C=O) groups excluding carboxylic acids is 2. The summed E-state index contributed by atoms with van der Waals surface area (Å²) in [5, 5.41) is 2.94. The van der Waals surface area contributed by atoms with Crippen LogP contribution in [0.3, 0.4) is 0 Å². The molecule has 1 aliphatic carbocycles. The van der Waals surface area contributed by atoms with Gasteiger partial charge in [-0.25, -0.2) is 0 Å². The number of amides is 2. The Balaban J connectivity index is 0.00000288. The molecule has 0 saturated heterocycles. The van der Waals surface area contributed by atoms with Gasteiger partial charge in [0.1, 0.15) is 0 Å². The standard InChI is InChI=1S/C18H27N3O2.ClH/c1-17(2,16(19)23)12-7-9-13(10-8-12)21-15(22)14-6-4-5-11-18(14,3)20;/h7-10,14H,4-6,11,20H2,1-3H3,(H2,19,23)(H,21,22);1H. The third-order valence-corrected chi connectivity index (χ3v) is 5.06. The first-order valence-electron chi connectivity index (χ1n) is 8.15. The van der Waals surface area contributed by atoms with Crippen LogP contribution in [0.2, 0.25) is 0 Å². The summed E-state index contributed by atoms with van der Waals surface area (Å²) >= 11 is 0. The first-order chi connectivity index (χ1) is 10.6. The van der Waals surface area contributed by atoms with Crippen molar-refractivity contribution in [2.45, 2.75) is 57.4 Å². The van der Waals surface area contributed by atoms with Crippen LogP contribution in [0.25, 0.3) is 0 Å². The summed E-state index contributed by atoms with van der Waals surface area (Å²) in [6.07, 6.45) is 3.81. The Bertz CT molecular complexity index is 597. The molecule has 1 fully saturated rings. The van der Waals surface area contributed by atoms with E-state index in [1.54, 1.807) is 26.0 Å². The minimum Gasteiger partial charge on any atom is -0.369 e. The third-order valence-electron chi connectivity index (χ3n) is 5.06. The number of carbonyl (C=O) groups is 2. The van der Waals surface area contributed by atoms with Crippen molar-refractivity contribution in [1.82, 2.24) is 0 Å². The highest BCUT2D eigenvalue weighted by molar-refractivity contribution is 5.93. The lowest BCUT2D eigenvalue weighted by atomic mass is 9.74. The van der Waals surface area contributed by atoms with Gasteiger partial charge in [0.05, 0.1) is 11.3 Å². The van der Waals surface area contributed by atoms with Crippen LogP contribution in [-0.2, 0) is 15.0 Å². The number of nitrogens with two attached hydrogens (primary N) is 2. The van der Waals surface area contributed by atoms with Crippen molar-refractivity contribution < 1.29 is 9.59 Å². The average Bonchev–Trinajstić information content (AvgIpc) is 2.47. The van der Waals surface area contributed by atoms with E-state index in [0.29, 0.717) is 5.69 Å². The fourth-order valence-corrected chi connectivity index (χ4v) is 3.13. The second-order valence-corrected chi connectivity index (χ2v) is 7.36. The largest absolute Gasteiger partial charge is 0.369 e. The second-order valence-electron chi connectivity index (χ2n) is 7.36. The maximum Gasteiger partial charge on any atom is 0.229 e. The van der Waals surface area contributed by atoms with Crippen LogP contribution in [0.5, 0.6) is 0 Å². The van der Waals surface area contributed by atoms with E-state index in [2.05, 4.69) is 5.32 Å². The maximum absolute atomic E-state index is 12.5. The van der Waals surface area contributed by atoms with Gasteiger partial charge in [-0.3, -0.25) is 9.59 Å². The van der Waals surface area contributed by atoms with Gasteiger partial charge in [-0.2, -0.15) is 0 Å². The van der Waals surface area contributed by atoms with Crippen molar-refractivity contribution in [1.29, 1.82) is 0 Å². The highest BCUT2D eigenvalue weighted by atomic mass is 35.5. The summed E-state index contributed by atoms with van der Waals surface area (Å²) in [6.45, 7) is 5.52. The SMILES string of the molecule is CC(C)(C(N)=O)c1ccc(NC(=O)C2CCCCC2(C)N)cc1.Cl. The zero-order valence-corrected chi connectivity index (χ0v) is 15.4. The van der Waals surface area contributed by atoms with Crippen LogP contribution < -0.4 is 16.8 Å². The quantitative estimate of drug-likeness (QED) is 0.776. The molecule has 2 rings (SSSR count). The van der Waals surface area contributed by atoms with Gasteiger partial charge < -0.3 is 16.8 Å². The van der Waals surface area contributed by atoms with Crippen LogP contribution in [0, 0.1) is 5.92 Å². The number of hydrogen-bond acceptors (Lipinski definition) is 3. The van der Waals surface area contributed by atoms with E-state index < -0.39 is 11.0 Å². The van der Waals surface area contributed by atoms with Gasteiger partial charge in [0.15, 0.2) is 0 Å². The van der Waals surface area contributed by atoms with E-state index in [1.165, 1.54) is 0 Å². The number of primary amides is 1. The predicted molar refractivity (Wildman–Crippen MR) is 99.1 cm³/mol. The molecule has 5 nitrogen and oxygen atoms in total. The van der Waals surface area contributed by atoms with Gasteiger partial charge in [-0.15, -0.1) is 12.4 Å². The first kappa shape index (κ1) is 20.5. The molecule has 2 amide bonds. The summed E-state index contributed by atoms with van der Waals surface area (Å²) in [4.78, 5) is 24.0. The Morgan fingerprint density at radius 3 is 2.29 bits per heavy atom. The molecule has 5 N–H and O–H groups in total. The average molecular weight is 354 g/mol. The molecular formula is C18H28ClN3O2. The lowest BCUT2D eigenvalue weighted by Gasteiger charge is -2.37. The molecule has 24 heavy (non-hydrogen) atoms. The molecule has 1 aliphatic rings. The monoisotopic (exact) mass is 353 g/mol. The molecule has 0 spiro atoms. The molecular weight excluding hydrogens is 326 g/mol. The highest BCUT2D eigenvalue weighted by Crippen LogP contribution is 2.32. The molecule has 0 aromatic heterocycles. The number of nitrogens with one attached hydrogen (secondary N) is 1. The fraction of sp³-hybridized carbons (Fsp3) is 0.556. The van der Waals surface area contributed by atoms with Crippen LogP contribution in [0.1, 0.15) is 52.0 Å². The van der Waals surface area contributed by atoms with Crippen LogP contribution in [-0.4, -0.2) is 17.4 Å². The van der Waals surface area contributed by atoms with Crippen molar-refractivity contribution in [2.75, 3.05) is 5.32 Å². The molecule has 2 unspecified atom stereocenters. The lowest BCUT2D eigenvalue weighted by Crippen LogP contribution is -2.51.